The van der Waals surface area contributed by atoms with Gasteiger partial charge in [-0.05, 0) is 37.1 Å². The van der Waals surface area contributed by atoms with Crippen LogP contribution in [0.1, 0.15) is 26.7 Å². The zero-order chi connectivity index (χ0) is 20.4. The van der Waals surface area contributed by atoms with E-state index >= 15 is 0 Å². The lowest BCUT2D eigenvalue weighted by molar-refractivity contribution is -0.120. The Balaban J connectivity index is 1.67. The second kappa shape index (κ2) is 11.8. The summed E-state index contributed by atoms with van der Waals surface area (Å²) in [6.45, 7) is 7.26. The minimum absolute atomic E-state index is 0.0199. The van der Waals surface area contributed by atoms with Crippen molar-refractivity contribution < 1.29 is 13.7 Å². The summed E-state index contributed by atoms with van der Waals surface area (Å²) in [7, 11) is -0.949. The van der Waals surface area contributed by atoms with Crippen LogP contribution in [0.4, 0.5) is 11.4 Å². The van der Waals surface area contributed by atoms with Crippen molar-refractivity contribution >= 4 is 28.3 Å². The Hall–Kier alpha value is -1.88. The van der Waals surface area contributed by atoms with E-state index in [9.17, 15) is 9.00 Å². The van der Waals surface area contributed by atoms with Gasteiger partial charge in [-0.25, -0.2) is 8.51 Å². The van der Waals surface area contributed by atoms with Crippen LogP contribution in [0.25, 0.3) is 0 Å². The van der Waals surface area contributed by atoms with Crippen molar-refractivity contribution in [1.29, 1.82) is 0 Å². The Morgan fingerprint density at radius 3 is 2.50 bits per heavy atom. The highest BCUT2D eigenvalue weighted by molar-refractivity contribution is 7.81. The van der Waals surface area contributed by atoms with Crippen LogP contribution in [0.15, 0.2) is 24.3 Å². The van der Waals surface area contributed by atoms with Gasteiger partial charge in [0.1, 0.15) is 6.61 Å². The third-order valence-electron chi connectivity index (χ3n) is 4.48. The van der Waals surface area contributed by atoms with Gasteiger partial charge in [-0.1, -0.05) is 25.7 Å². The molecule has 1 atom stereocenters. The molecule has 1 aliphatic heterocycles. The maximum atomic E-state index is 12.4. The number of piperidine rings is 1. The van der Waals surface area contributed by atoms with Crippen molar-refractivity contribution in [2.24, 2.45) is 11.8 Å². The topological polar surface area (TPSA) is 70.7 Å². The molecule has 1 fully saturated rings. The zero-order valence-electron chi connectivity index (χ0n) is 17.0. The fourth-order valence-electron chi connectivity index (χ4n) is 2.93. The Labute approximate surface area is 171 Å². The number of benzene rings is 1. The Kier molecular flexibility index (Phi) is 9.48. The first kappa shape index (κ1) is 22.4. The highest BCUT2D eigenvalue weighted by Crippen LogP contribution is 2.21. The number of amides is 1. The van der Waals surface area contributed by atoms with Gasteiger partial charge in [0.2, 0.25) is 5.91 Å². The molecule has 1 aliphatic rings. The van der Waals surface area contributed by atoms with Crippen molar-refractivity contribution in [2.45, 2.75) is 26.7 Å². The number of nitrogens with zero attached hydrogens (tertiary/aromatic N) is 1. The average Bonchev–Trinajstić information content (AvgIpc) is 2.68. The van der Waals surface area contributed by atoms with Crippen LogP contribution < -0.4 is 10.6 Å². The summed E-state index contributed by atoms with van der Waals surface area (Å²) in [6.07, 6.45) is 3.17. The summed E-state index contributed by atoms with van der Waals surface area (Å²) in [6, 6.07) is 7.67. The number of hydrogen-bond acceptors (Lipinski definition) is 4. The zero-order valence-corrected chi connectivity index (χ0v) is 17.8. The quantitative estimate of drug-likeness (QED) is 0.515. The van der Waals surface area contributed by atoms with E-state index < -0.39 is 11.0 Å². The van der Waals surface area contributed by atoms with Crippen LogP contribution in [0.5, 0.6) is 0 Å². The van der Waals surface area contributed by atoms with Gasteiger partial charge >= 0.3 is 0 Å². The number of carbonyl (C=O) groups excluding carboxylic acids is 1. The summed E-state index contributed by atoms with van der Waals surface area (Å²) < 4.78 is 18.8. The molecular weight excluding hydrogens is 374 g/mol. The summed E-state index contributed by atoms with van der Waals surface area (Å²) in [5, 5.41) is 6.26. The van der Waals surface area contributed by atoms with E-state index in [4.69, 9.17) is 4.74 Å². The predicted molar refractivity (Wildman–Crippen MR) is 115 cm³/mol. The first-order valence-corrected chi connectivity index (χ1v) is 11.3. The number of ether oxygens (including phenoxy) is 1. The molecule has 2 rings (SSSR count). The third kappa shape index (κ3) is 8.01. The van der Waals surface area contributed by atoms with E-state index in [2.05, 4.69) is 36.3 Å². The molecule has 1 aromatic rings. The SMILES string of the molecule is CC(C)C#CCOCCNc1ccc(NC(=O)C2CCN(S(C)=O)CC2)cc1. The molecule has 0 spiro atoms. The Morgan fingerprint density at radius 1 is 1.25 bits per heavy atom. The average molecular weight is 406 g/mol. The highest BCUT2D eigenvalue weighted by Gasteiger charge is 2.26. The van der Waals surface area contributed by atoms with Gasteiger partial charge in [0.05, 0.1) is 17.6 Å². The molecule has 1 amide bonds. The summed E-state index contributed by atoms with van der Waals surface area (Å²) in [5.41, 5.74) is 1.77. The molecule has 6 nitrogen and oxygen atoms in total. The van der Waals surface area contributed by atoms with Gasteiger partial charge in [0.15, 0.2) is 0 Å². The lowest BCUT2D eigenvalue weighted by atomic mass is 9.97. The first-order chi connectivity index (χ1) is 13.5. The fraction of sp³-hybridized carbons (Fsp3) is 0.571. The smallest absolute Gasteiger partial charge is 0.227 e. The summed E-state index contributed by atoms with van der Waals surface area (Å²) in [4.78, 5) is 12.4. The number of carbonyl (C=O) groups is 1. The van der Waals surface area contributed by atoms with Crippen molar-refractivity contribution in [3.05, 3.63) is 24.3 Å². The van der Waals surface area contributed by atoms with Crippen molar-refractivity contribution in [2.75, 3.05) is 49.7 Å². The van der Waals surface area contributed by atoms with Crippen molar-refractivity contribution in [3.63, 3.8) is 0 Å². The van der Waals surface area contributed by atoms with Gasteiger partial charge in [-0.15, -0.1) is 0 Å². The number of nitrogens with one attached hydrogen (secondary N) is 2. The largest absolute Gasteiger partial charge is 0.383 e. The van der Waals surface area contributed by atoms with Crippen LogP contribution in [-0.2, 0) is 20.5 Å². The lowest BCUT2D eigenvalue weighted by Gasteiger charge is -2.29. The standard InChI is InChI=1S/C21H31N3O3S/c1-17(2)5-4-15-27-16-12-22-19-6-8-20(9-7-19)23-21(25)18-10-13-24(14-11-18)28(3)26/h6-9,17-18,22H,10-16H2,1-3H3,(H,23,25). The summed E-state index contributed by atoms with van der Waals surface area (Å²) in [5.74, 6) is 6.44. The number of hydrogen-bond donors (Lipinski definition) is 2. The second-order valence-corrected chi connectivity index (χ2v) is 8.51. The van der Waals surface area contributed by atoms with Crippen molar-refractivity contribution in [1.82, 2.24) is 4.31 Å². The van der Waals surface area contributed by atoms with Gasteiger partial charge in [-0.3, -0.25) is 4.79 Å². The van der Waals surface area contributed by atoms with Crippen molar-refractivity contribution in [3.8, 4) is 11.8 Å². The molecule has 1 saturated heterocycles. The molecule has 1 heterocycles. The number of rotatable bonds is 8. The van der Waals surface area contributed by atoms with Crippen LogP contribution in [0, 0.1) is 23.7 Å². The third-order valence-corrected chi connectivity index (χ3v) is 5.57. The molecule has 1 aromatic carbocycles. The van der Waals surface area contributed by atoms with E-state index in [1.807, 2.05) is 28.6 Å². The molecule has 0 saturated carbocycles. The van der Waals surface area contributed by atoms with E-state index in [0.717, 1.165) is 24.2 Å². The van der Waals surface area contributed by atoms with Crippen LogP contribution in [0.2, 0.25) is 0 Å². The van der Waals surface area contributed by atoms with Gasteiger partial charge in [-0.2, -0.15) is 0 Å². The Bertz CT molecular complexity index is 702. The molecule has 0 bridgehead atoms. The van der Waals surface area contributed by atoms with E-state index in [-0.39, 0.29) is 11.8 Å². The number of anilines is 2. The maximum Gasteiger partial charge on any atom is 0.227 e. The Morgan fingerprint density at radius 2 is 1.89 bits per heavy atom. The molecule has 2 N–H and O–H groups in total. The molecule has 7 heteroatoms. The molecule has 0 radical (unpaired) electrons. The van der Waals surface area contributed by atoms with E-state index in [1.165, 1.54) is 0 Å². The van der Waals surface area contributed by atoms with E-state index in [0.29, 0.717) is 38.8 Å². The maximum absolute atomic E-state index is 12.4. The minimum atomic E-state index is -0.949. The van der Waals surface area contributed by atoms with Gasteiger partial charge < -0.3 is 15.4 Å². The first-order valence-electron chi connectivity index (χ1n) is 9.75. The van der Waals surface area contributed by atoms with Crippen LogP contribution in [-0.4, -0.2) is 53.5 Å². The molecule has 1 unspecified atom stereocenters. The fourth-order valence-corrected chi connectivity index (χ4v) is 3.65. The molecule has 154 valence electrons. The molecular formula is C21H31N3O3S. The predicted octanol–water partition coefficient (Wildman–Crippen LogP) is 2.72. The molecule has 0 aromatic heterocycles. The van der Waals surface area contributed by atoms with Gasteiger partial charge in [0, 0.05) is 49.1 Å². The molecule has 0 aliphatic carbocycles. The second-order valence-electron chi connectivity index (χ2n) is 7.15. The lowest BCUT2D eigenvalue weighted by Crippen LogP contribution is -2.38. The van der Waals surface area contributed by atoms with E-state index in [1.54, 1.807) is 6.26 Å². The summed E-state index contributed by atoms with van der Waals surface area (Å²) >= 11 is 0. The van der Waals surface area contributed by atoms with Gasteiger partial charge in [0.25, 0.3) is 0 Å². The minimum Gasteiger partial charge on any atom is -0.383 e. The highest BCUT2D eigenvalue weighted by atomic mass is 32.2. The normalized spacial score (nSPS) is 16.3. The molecule has 28 heavy (non-hydrogen) atoms. The monoisotopic (exact) mass is 405 g/mol. The van der Waals surface area contributed by atoms with Crippen LogP contribution in [0.3, 0.4) is 0 Å². The van der Waals surface area contributed by atoms with Crippen LogP contribution >= 0.6 is 0 Å².